The molecule has 0 aliphatic heterocycles. The van der Waals surface area contributed by atoms with Crippen molar-refractivity contribution in [2.45, 2.75) is 6.54 Å². The lowest BCUT2D eigenvalue weighted by molar-refractivity contribution is -0.00000338. The minimum atomic E-state index is -0.286. The molecular weight excluding hydrogens is 238 g/mol. The van der Waals surface area contributed by atoms with Gasteiger partial charge in [-0.05, 0) is 12.1 Å². The van der Waals surface area contributed by atoms with Gasteiger partial charge in [-0.2, -0.15) is 0 Å². The van der Waals surface area contributed by atoms with E-state index in [-0.39, 0.29) is 18.2 Å². The molecule has 1 aromatic carbocycles. The van der Waals surface area contributed by atoms with Gasteiger partial charge in [0.1, 0.15) is 5.82 Å². The van der Waals surface area contributed by atoms with Crippen LogP contribution in [0.4, 0.5) is 4.39 Å². The standard InChI is InChI=1S/C10H8ClFN2.ClH/c11-9-2-1-3-10(12)8(9)6-14-5-4-13-7-14;/h1-5,7H,6H2;1H/p-1. The highest BCUT2D eigenvalue weighted by molar-refractivity contribution is 6.31. The van der Waals surface area contributed by atoms with E-state index in [0.717, 1.165) is 0 Å². The molecule has 0 bridgehead atoms. The van der Waals surface area contributed by atoms with E-state index in [1.165, 1.54) is 6.07 Å². The summed E-state index contributed by atoms with van der Waals surface area (Å²) in [4.78, 5) is 3.88. The Kier molecular flexibility index (Phi) is 4.12. The number of imidazole rings is 1. The first-order valence-electron chi connectivity index (χ1n) is 4.16. The summed E-state index contributed by atoms with van der Waals surface area (Å²) in [7, 11) is 0. The molecule has 5 heteroatoms. The lowest BCUT2D eigenvalue weighted by Gasteiger charge is -2.05. The first-order chi connectivity index (χ1) is 6.77. The van der Waals surface area contributed by atoms with Crippen molar-refractivity contribution < 1.29 is 16.8 Å². The largest absolute Gasteiger partial charge is 1.00 e. The van der Waals surface area contributed by atoms with Crippen molar-refractivity contribution >= 4 is 11.6 Å². The number of benzene rings is 1. The Hall–Kier alpha value is -1.06. The van der Waals surface area contributed by atoms with E-state index in [1.54, 1.807) is 35.4 Å². The molecule has 1 aromatic heterocycles. The summed E-state index contributed by atoms with van der Waals surface area (Å²) < 4.78 is 15.1. The van der Waals surface area contributed by atoms with Gasteiger partial charge in [-0.1, -0.05) is 17.7 Å². The van der Waals surface area contributed by atoms with Gasteiger partial charge in [0.15, 0.2) is 0 Å². The normalized spacial score (nSPS) is 9.73. The Morgan fingerprint density at radius 3 is 2.80 bits per heavy atom. The third kappa shape index (κ3) is 2.70. The van der Waals surface area contributed by atoms with E-state index in [4.69, 9.17) is 11.6 Å². The van der Waals surface area contributed by atoms with Crippen molar-refractivity contribution in [3.63, 3.8) is 0 Å². The van der Waals surface area contributed by atoms with E-state index in [2.05, 4.69) is 4.98 Å². The van der Waals surface area contributed by atoms with Crippen molar-refractivity contribution in [2.75, 3.05) is 0 Å². The highest BCUT2D eigenvalue weighted by Gasteiger charge is 2.06. The molecule has 0 unspecified atom stereocenters. The Morgan fingerprint density at radius 2 is 2.20 bits per heavy atom. The molecule has 2 rings (SSSR count). The predicted molar refractivity (Wildman–Crippen MR) is 52.7 cm³/mol. The molecule has 2 nitrogen and oxygen atoms in total. The Balaban J connectivity index is 0.00000112. The minimum Gasteiger partial charge on any atom is -1.00 e. The topological polar surface area (TPSA) is 17.8 Å². The SMILES string of the molecule is Fc1cccc(Cl)c1Cn1ccnc1.[Cl-]. The number of rotatable bonds is 2. The molecule has 0 radical (unpaired) electrons. The second-order valence-corrected chi connectivity index (χ2v) is 3.34. The molecule has 0 saturated carbocycles. The predicted octanol–water partition coefficient (Wildman–Crippen LogP) is -0.272. The van der Waals surface area contributed by atoms with Gasteiger partial charge < -0.3 is 17.0 Å². The fraction of sp³-hybridized carbons (Fsp3) is 0.100. The highest BCUT2D eigenvalue weighted by atomic mass is 35.5. The quantitative estimate of drug-likeness (QED) is 0.713. The maximum absolute atomic E-state index is 13.3. The van der Waals surface area contributed by atoms with Gasteiger partial charge in [0.2, 0.25) is 0 Å². The number of halogens is 3. The zero-order valence-electron chi connectivity index (χ0n) is 7.70. The van der Waals surface area contributed by atoms with Crippen LogP contribution in [0.25, 0.3) is 0 Å². The van der Waals surface area contributed by atoms with Crippen LogP contribution in [0.3, 0.4) is 0 Å². The molecule has 80 valence electrons. The lowest BCUT2D eigenvalue weighted by atomic mass is 10.2. The fourth-order valence-corrected chi connectivity index (χ4v) is 1.47. The molecule has 0 N–H and O–H groups in total. The van der Waals surface area contributed by atoms with Crippen molar-refractivity contribution in [3.05, 3.63) is 53.3 Å². The minimum absolute atomic E-state index is 0. The Labute approximate surface area is 98.1 Å². The van der Waals surface area contributed by atoms with E-state index in [9.17, 15) is 4.39 Å². The monoisotopic (exact) mass is 245 g/mol. The van der Waals surface area contributed by atoms with E-state index in [1.807, 2.05) is 0 Å². The van der Waals surface area contributed by atoms with Gasteiger partial charge in [0.05, 0.1) is 12.9 Å². The molecule has 0 amide bonds. The van der Waals surface area contributed by atoms with Crippen molar-refractivity contribution in [1.82, 2.24) is 9.55 Å². The number of nitrogens with zero attached hydrogens (tertiary/aromatic N) is 2. The smallest absolute Gasteiger partial charge is 0.129 e. The molecule has 0 aliphatic rings. The van der Waals surface area contributed by atoms with E-state index in [0.29, 0.717) is 17.1 Å². The molecule has 0 atom stereocenters. The van der Waals surface area contributed by atoms with Gasteiger partial charge in [-0.15, -0.1) is 0 Å². The maximum atomic E-state index is 13.3. The summed E-state index contributed by atoms with van der Waals surface area (Å²) in [6, 6.07) is 4.67. The summed E-state index contributed by atoms with van der Waals surface area (Å²) >= 11 is 5.87. The van der Waals surface area contributed by atoms with Crippen LogP contribution < -0.4 is 12.4 Å². The molecule has 15 heavy (non-hydrogen) atoms. The molecular formula is C10H8Cl2FN2-. The average Bonchev–Trinajstić information content (AvgIpc) is 2.64. The summed E-state index contributed by atoms with van der Waals surface area (Å²) in [5.41, 5.74) is 0.493. The Bertz CT molecular complexity index is 409. The van der Waals surface area contributed by atoms with Crippen LogP contribution in [0.5, 0.6) is 0 Å². The van der Waals surface area contributed by atoms with Gasteiger partial charge in [0.25, 0.3) is 0 Å². The zero-order chi connectivity index (χ0) is 9.97. The molecule has 2 aromatic rings. The van der Waals surface area contributed by atoms with Crippen molar-refractivity contribution in [1.29, 1.82) is 0 Å². The third-order valence-electron chi connectivity index (χ3n) is 1.96. The highest BCUT2D eigenvalue weighted by Crippen LogP contribution is 2.19. The van der Waals surface area contributed by atoms with Gasteiger partial charge in [0, 0.05) is 23.0 Å². The number of aromatic nitrogens is 2. The summed E-state index contributed by atoms with van der Waals surface area (Å²) in [5.74, 6) is -0.286. The van der Waals surface area contributed by atoms with Crippen LogP contribution in [-0.2, 0) is 6.54 Å². The van der Waals surface area contributed by atoms with E-state index >= 15 is 0 Å². The van der Waals surface area contributed by atoms with Crippen LogP contribution in [-0.4, -0.2) is 9.55 Å². The average molecular weight is 246 g/mol. The first-order valence-corrected chi connectivity index (χ1v) is 4.54. The van der Waals surface area contributed by atoms with Crippen molar-refractivity contribution in [3.8, 4) is 0 Å². The number of hydrogen-bond donors (Lipinski definition) is 0. The third-order valence-corrected chi connectivity index (χ3v) is 2.32. The van der Waals surface area contributed by atoms with Crippen LogP contribution in [0, 0.1) is 5.82 Å². The zero-order valence-corrected chi connectivity index (χ0v) is 9.21. The molecule has 0 aliphatic carbocycles. The van der Waals surface area contributed by atoms with Crippen LogP contribution >= 0.6 is 11.6 Å². The van der Waals surface area contributed by atoms with Crippen molar-refractivity contribution in [2.24, 2.45) is 0 Å². The Morgan fingerprint density at radius 1 is 1.40 bits per heavy atom. The lowest BCUT2D eigenvalue weighted by Crippen LogP contribution is -3.00. The summed E-state index contributed by atoms with van der Waals surface area (Å²) in [6.07, 6.45) is 5.04. The summed E-state index contributed by atoms with van der Waals surface area (Å²) in [5, 5.41) is 0.443. The van der Waals surface area contributed by atoms with Crippen LogP contribution in [0.2, 0.25) is 5.02 Å². The molecule has 0 spiro atoms. The van der Waals surface area contributed by atoms with Gasteiger partial charge >= 0.3 is 0 Å². The number of hydrogen-bond acceptors (Lipinski definition) is 1. The molecule has 0 saturated heterocycles. The fourth-order valence-electron chi connectivity index (χ4n) is 1.25. The maximum Gasteiger partial charge on any atom is 0.129 e. The van der Waals surface area contributed by atoms with Crippen LogP contribution in [0.15, 0.2) is 36.9 Å². The van der Waals surface area contributed by atoms with Crippen LogP contribution in [0.1, 0.15) is 5.56 Å². The molecule has 1 heterocycles. The second kappa shape index (κ2) is 5.14. The molecule has 0 fully saturated rings. The first kappa shape index (κ1) is 12.0. The second-order valence-electron chi connectivity index (χ2n) is 2.94. The van der Waals surface area contributed by atoms with E-state index < -0.39 is 0 Å². The van der Waals surface area contributed by atoms with Gasteiger partial charge in [-0.25, -0.2) is 9.37 Å². The summed E-state index contributed by atoms with van der Waals surface area (Å²) in [6.45, 7) is 0.408. The van der Waals surface area contributed by atoms with Gasteiger partial charge in [-0.3, -0.25) is 0 Å².